The molecule has 0 aliphatic rings. The fraction of sp³-hybridized carbons (Fsp3) is 0.455. The largest absolute Gasteiger partial charge is 0.311 e. The first-order valence-corrected chi connectivity index (χ1v) is 6.89. The maximum absolute atomic E-state index is 5.98. The van der Waals surface area contributed by atoms with Gasteiger partial charge in [-0.25, -0.2) is 0 Å². The molecule has 1 rings (SSSR count). The summed E-state index contributed by atoms with van der Waals surface area (Å²) in [4.78, 5) is 1.19. The zero-order valence-electron chi connectivity index (χ0n) is 9.10. The molecule has 0 radical (unpaired) electrons. The highest BCUT2D eigenvalue weighted by Crippen LogP contribution is 2.33. The van der Waals surface area contributed by atoms with Crippen molar-refractivity contribution in [2.45, 2.75) is 26.8 Å². The van der Waals surface area contributed by atoms with E-state index in [4.69, 9.17) is 11.6 Å². The van der Waals surface area contributed by atoms with Crippen molar-refractivity contribution in [1.29, 1.82) is 0 Å². The Morgan fingerprint density at radius 1 is 1.73 bits per heavy atom. The summed E-state index contributed by atoms with van der Waals surface area (Å²) in [5.41, 5.74) is 1.32. The molecule has 1 aromatic rings. The van der Waals surface area contributed by atoms with E-state index in [2.05, 4.69) is 54.2 Å². The third-order valence-electron chi connectivity index (χ3n) is 2.23. The van der Waals surface area contributed by atoms with Crippen molar-refractivity contribution in [3.63, 3.8) is 0 Å². The number of nitrogens with one attached hydrogen (secondary N) is 1. The van der Waals surface area contributed by atoms with Crippen LogP contribution in [0.15, 0.2) is 16.1 Å². The maximum atomic E-state index is 5.98. The topological polar surface area (TPSA) is 12.0 Å². The number of likely N-dealkylation sites (N-methyl/N-ethyl adjacent to an activating group) is 1. The highest BCUT2D eigenvalue weighted by atomic mass is 79.9. The fourth-order valence-corrected chi connectivity index (χ4v) is 3.00. The first-order valence-electron chi connectivity index (χ1n) is 4.91. The van der Waals surface area contributed by atoms with Gasteiger partial charge < -0.3 is 5.32 Å². The Labute approximate surface area is 109 Å². The van der Waals surface area contributed by atoms with Gasteiger partial charge in [0.25, 0.3) is 0 Å². The van der Waals surface area contributed by atoms with Gasteiger partial charge in [0, 0.05) is 15.4 Å². The Balaban J connectivity index is 2.77. The lowest BCUT2D eigenvalue weighted by Crippen LogP contribution is -2.26. The molecule has 0 aliphatic carbocycles. The van der Waals surface area contributed by atoms with Crippen LogP contribution in [0.3, 0.4) is 0 Å². The number of hydrogen-bond acceptors (Lipinski definition) is 2. The van der Waals surface area contributed by atoms with Gasteiger partial charge in [-0.3, -0.25) is 0 Å². The minimum Gasteiger partial charge on any atom is -0.311 e. The standard InChI is InChI=1S/C11H15BrClNS/c1-4-14-8(3)7(2)5-9-6-10(12)11(13)15-9/h5-6,8,14H,4H2,1-3H3. The van der Waals surface area contributed by atoms with Gasteiger partial charge in [-0.2, -0.15) is 0 Å². The molecule has 1 heterocycles. The fourth-order valence-electron chi connectivity index (χ4n) is 1.25. The van der Waals surface area contributed by atoms with E-state index < -0.39 is 0 Å². The van der Waals surface area contributed by atoms with E-state index in [-0.39, 0.29) is 0 Å². The molecular formula is C11H15BrClNS. The summed E-state index contributed by atoms with van der Waals surface area (Å²) in [6.07, 6.45) is 2.18. The van der Waals surface area contributed by atoms with Crippen LogP contribution >= 0.6 is 38.9 Å². The summed E-state index contributed by atoms with van der Waals surface area (Å²) in [6, 6.07) is 2.46. The second-order valence-electron chi connectivity index (χ2n) is 3.44. The normalized spacial score (nSPS) is 14.3. The zero-order chi connectivity index (χ0) is 11.4. The van der Waals surface area contributed by atoms with Crippen LogP contribution in [0.4, 0.5) is 0 Å². The minimum absolute atomic E-state index is 0.412. The molecule has 84 valence electrons. The Kier molecular flexibility index (Phi) is 5.33. The van der Waals surface area contributed by atoms with Crippen LogP contribution in [0.2, 0.25) is 4.34 Å². The maximum Gasteiger partial charge on any atom is 0.108 e. The van der Waals surface area contributed by atoms with Gasteiger partial charge in [-0.1, -0.05) is 24.1 Å². The lowest BCUT2D eigenvalue weighted by molar-refractivity contribution is 0.636. The van der Waals surface area contributed by atoms with E-state index in [1.165, 1.54) is 10.5 Å². The van der Waals surface area contributed by atoms with Crippen LogP contribution in [0.1, 0.15) is 25.6 Å². The van der Waals surface area contributed by atoms with Crippen molar-refractivity contribution in [2.75, 3.05) is 6.54 Å². The highest BCUT2D eigenvalue weighted by molar-refractivity contribution is 9.10. The molecule has 0 amide bonds. The predicted octanol–water partition coefficient (Wildman–Crippen LogP) is 4.57. The van der Waals surface area contributed by atoms with E-state index in [1.807, 2.05) is 0 Å². The lowest BCUT2D eigenvalue weighted by Gasteiger charge is -2.12. The van der Waals surface area contributed by atoms with Gasteiger partial charge in [-0.05, 0) is 48.5 Å². The van der Waals surface area contributed by atoms with Crippen molar-refractivity contribution >= 4 is 44.9 Å². The number of halogens is 2. The first kappa shape index (κ1) is 13.2. The second kappa shape index (κ2) is 6.04. The number of thiophene rings is 1. The Hall–Kier alpha value is 0.170. The molecular weight excluding hydrogens is 294 g/mol. The van der Waals surface area contributed by atoms with Crippen LogP contribution in [0.25, 0.3) is 6.08 Å². The molecule has 15 heavy (non-hydrogen) atoms. The summed E-state index contributed by atoms with van der Waals surface area (Å²) in [5.74, 6) is 0. The molecule has 0 fully saturated rings. The molecule has 1 unspecified atom stereocenters. The number of rotatable bonds is 4. The van der Waals surface area contributed by atoms with Gasteiger partial charge in [0.2, 0.25) is 0 Å². The minimum atomic E-state index is 0.412. The van der Waals surface area contributed by atoms with Crippen molar-refractivity contribution in [1.82, 2.24) is 5.32 Å². The van der Waals surface area contributed by atoms with Crippen LogP contribution < -0.4 is 5.32 Å². The van der Waals surface area contributed by atoms with E-state index >= 15 is 0 Å². The second-order valence-corrected chi connectivity index (χ2v) is 5.98. The van der Waals surface area contributed by atoms with Gasteiger partial charge in [-0.15, -0.1) is 11.3 Å². The number of hydrogen-bond donors (Lipinski definition) is 1. The summed E-state index contributed by atoms with van der Waals surface area (Å²) in [6.45, 7) is 7.40. The molecule has 0 bridgehead atoms. The first-order chi connectivity index (χ1) is 7.04. The van der Waals surface area contributed by atoms with Gasteiger partial charge in [0.1, 0.15) is 4.34 Å². The van der Waals surface area contributed by atoms with Crippen molar-refractivity contribution < 1.29 is 0 Å². The SMILES string of the molecule is CCNC(C)C(C)=Cc1cc(Br)c(Cl)s1. The molecule has 0 spiro atoms. The molecule has 1 aromatic heterocycles. The molecule has 1 atom stereocenters. The predicted molar refractivity (Wildman–Crippen MR) is 73.8 cm³/mol. The Morgan fingerprint density at radius 2 is 2.40 bits per heavy atom. The van der Waals surface area contributed by atoms with Gasteiger partial charge in [0.15, 0.2) is 0 Å². The summed E-state index contributed by atoms with van der Waals surface area (Å²) in [5, 5.41) is 3.38. The summed E-state index contributed by atoms with van der Waals surface area (Å²) < 4.78 is 1.79. The lowest BCUT2D eigenvalue weighted by atomic mass is 10.1. The Bertz CT molecular complexity index is 340. The highest BCUT2D eigenvalue weighted by Gasteiger charge is 2.05. The van der Waals surface area contributed by atoms with E-state index in [0.717, 1.165) is 15.4 Å². The molecule has 1 nitrogen and oxygen atoms in total. The quantitative estimate of drug-likeness (QED) is 0.859. The van der Waals surface area contributed by atoms with E-state index in [0.29, 0.717) is 6.04 Å². The Morgan fingerprint density at radius 3 is 2.87 bits per heavy atom. The molecule has 4 heteroatoms. The van der Waals surface area contributed by atoms with Gasteiger partial charge in [0.05, 0.1) is 0 Å². The third-order valence-corrected chi connectivity index (χ3v) is 4.65. The van der Waals surface area contributed by atoms with Crippen LogP contribution in [0, 0.1) is 0 Å². The zero-order valence-corrected chi connectivity index (χ0v) is 12.3. The van der Waals surface area contributed by atoms with Crippen molar-refractivity contribution in [2.24, 2.45) is 0 Å². The molecule has 0 aromatic carbocycles. The summed E-state index contributed by atoms with van der Waals surface area (Å²) in [7, 11) is 0. The van der Waals surface area contributed by atoms with Crippen LogP contribution in [-0.2, 0) is 0 Å². The van der Waals surface area contributed by atoms with E-state index in [1.54, 1.807) is 11.3 Å². The van der Waals surface area contributed by atoms with Crippen molar-refractivity contribution in [3.05, 3.63) is 25.3 Å². The molecule has 0 saturated carbocycles. The summed E-state index contributed by atoms with van der Waals surface area (Å²) >= 11 is 11.0. The average Bonchev–Trinajstić information content (AvgIpc) is 2.46. The van der Waals surface area contributed by atoms with Gasteiger partial charge >= 0.3 is 0 Å². The van der Waals surface area contributed by atoms with E-state index in [9.17, 15) is 0 Å². The molecule has 0 aliphatic heterocycles. The molecule has 1 N–H and O–H groups in total. The third kappa shape index (κ3) is 3.91. The smallest absolute Gasteiger partial charge is 0.108 e. The monoisotopic (exact) mass is 307 g/mol. The van der Waals surface area contributed by atoms with Crippen LogP contribution in [0.5, 0.6) is 0 Å². The molecule has 0 saturated heterocycles. The van der Waals surface area contributed by atoms with Crippen LogP contribution in [-0.4, -0.2) is 12.6 Å². The average molecular weight is 309 g/mol. The van der Waals surface area contributed by atoms with Crippen molar-refractivity contribution in [3.8, 4) is 0 Å².